The van der Waals surface area contributed by atoms with Gasteiger partial charge in [0.25, 0.3) is 5.91 Å². The van der Waals surface area contributed by atoms with Crippen molar-refractivity contribution in [1.29, 1.82) is 0 Å². The fourth-order valence-electron chi connectivity index (χ4n) is 4.03. The van der Waals surface area contributed by atoms with Crippen molar-refractivity contribution < 1.29 is 40.6 Å². The SMILES string of the molecule is COC(=O)c1cc2c(cc1C)OC(C)CS2(=O)=O.Cc1cc2c(cc1C(=O)N=C(N)N)S(=O)(=O)CC(C)O2. The predicted octanol–water partition coefficient (Wildman–Crippen LogP) is 1.30. The number of aryl methyl sites for hydroxylation is 2. The van der Waals surface area contributed by atoms with Crippen LogP contribution in [0.3, 0.4) is 0 Å². The maximum atomic E-state index is 12.1. The first-order valence-corrected chi connectivity index (χ1v) is 14.7. The number of guanidine groups is 1. The summed E-state index contributed by atoms with van der Waals surface area (Å²) in [6, 6.07) is 5.67. The van der Waals surface area contributed by atoms with E-state index >= 15 is 0 Å². The van der Waals surface area contributed by atoms with Gasteiger partial charge in [0, 0.05) is 5.56 Å². The highest BCUT2D eigenvalue weighted by atomic mass is 32.2. The van der Waals surface area contributed by atoms with Gasteiger partial charge in [-0.25, -0.2) is 21.6 Å². The highest BCUT2D eigenvalue weighted by Gasteiger charge is 2.32. The van der Waals surface area contributed by atoms with Gasteiger partial charge < -0.3 is 25.7 Å². The summed E-state index contributed by atoms with van der Waals surface area (Å²) in [7, 11) is -5.63. The normalized spacial score (nSPS) is 20.1. The van der Waals surface area contributed by atoms with Crippen LogP contribution in [0.5, 0.6) is 11.5 Å². The molecule has 2 aliphatic heterocycles. The fraction of sp³-hybridized carbons (Fsp3) is 0.375. The first-order valence-electron chi connectivity index (χ1n) is 11.4. The lowest BCUT2D eigenvalue weighted by molar-refractivity contribution is 0.0599. The zero-order valence-corrected chi connectivity index (χ0v) is 23.1. The van der Waals surface area contributed by atoms with Crippen molar-refractivity contribution in [1.82, 2.24) is 0 Å². The van der Waals surface area contributed by atoms with Crippen molar-refractivity contribution in [3.05, 3.63) is 46.5 Å². The minimum Gasteiger partial charge on any atom is -0.488 e. The number of benzene rings is 2. The molecule has 206 valence electrons. The molecule has 0 aliphatic carbocycles. The molecule has 4 N–H and O–H groups in total. The Hall–Kier alpha value is -3.65. The Morgan fingerprint density at radius 1 is 0.842 bits per heavy atom. The van der Waals surface area contributed by atoms with Crippen LogP contribution in [-0.4, -0.2) is 65.5 Å². The molecule has 0 fully saturated rings. The molecule has 2 aromatic carbocycles. The number of rotatable bonds is 2. The average molecular weight is 568 g/mol. The van der Waals surface area contributed by atoms with Crippen LogP contribution in [0.25, 0.3) is 0 Å². The predicted molar refractivity (Wildman–Crippen MR) is 138 cm³/mol. The number of nitrogens with two attached hydrogens (primary N) is 2. The lowest BCUT2D eigenvalue weighted by Crippen LogP contribution is -2.30. The van der Waals surface area contributed by atoms with Gasteiger partial charge in [0.15, 0.2) is 25.6 Å². The highest BCUT2D eigenvalue weighted by molar-refractivity contribution is 7.92. The molecule has 0 spiro atoms. The van der Waals surface area contributed by atoms with E-state index in [1.54, 1.807) is 33.8 Å². The molecule has 14 heteroatoms. The third-order valence-electron chi connectivity index (χ3n) is 5.68. The zero-order valence-electron chi connectivity index (χ0n) is 21.5. The van der Waals surface area contributed by atoms with Gasteiger partial charge in [-0.05, 0) is 63.1 Å². The molecule has 0 saturated heterocycles. The molecule has 38 heavy (non-hydrogen) atoms. The number of aliphatic imine (C=N–C) groups is 1. The Morgan fingerprint density at radius 2 is 1.26 bits per heavy atom. The van der Waals surface area contributed by atoms with E-state index in [0.29, 0.717) is 16.9 Å². The van der Waals surface area contributed by atoms with Gasteiger partial charge in [-0.1, -0.05) is 0 Å². The lowest BCUT2D eigenvalue weighted by atomic mass is 10.1. The molecule has 0 bridgehead atoms. The third-order valence-corrected chi connectivity index (χ3v) is 9.48. The van der Waals surface area contributed by atoms with Gasteiger partial charge in [0.1, 0.15) is 33.5 Å². The van der Waals surface area contributed by atoms with Crippen molar-refractivity contribution in [3.8, 4) is 11.5 Å². The topological polar surface area (TPSA) is 195 Å². The van der Waals surface area contributed by atoms with Crippen molar-refractivity contribution >= 4 is 37.5 Å². The summed E-state index contributed by atoms with van der Waals surface area (Å²) in [4.78, 5) is 26.9. The van der Waals surface area contributed by atoms with Gasteiger partial charge in [0.05, 0.1) is 24.2 Å². The number of hydrogen-bond donors (Lipinski definition) is 2. The number of sulfone groups is 2. The maximum absolute atomic E-state index is 12.1. The van der Waals surface area contributed by atoms with E-state index in [0.717, 1.165) is 0 Å². The Bertz CT molecular complexity index is 1540. The number of esters is 1. The van der Waals surface area contributed by atoms with Gasteiger partial charge >= 0.3 is 5.97 Å². The van der Waals surface area contributed by atoms with Crippen LogP contribution in [0, 0.1) is 13.8 Å². The number of carbonyl (C=O) groups is 2. The van der Waals surface area contributed by atoms with Crippen molar-refractivity contribution in [2.24, 2.45) is 16.5 Å². The molecule has 2 heterocycles. The molecule has 12 nitrogen and oxygen atoms in total. The molecule has 0 saturated carbocycles. The van der Waals surface area contributed by atoms with Crippen LogP contribution >= 0.6 is 0 Å². The van der Waals surface area contributed by atoms with E-state index in [1.165, 1.54) is 25.3 Å². The lowest BCUT2D eigenvalue weighted by Gasteiger charge is -2.24. The molecular weight excluding hydrogens is 538 g/mol. The quantitative estimate of drug-likeness (QED) is 0.302. The van der Waals surface area contributed by atoms with Gasteiger partial charge in [-0.15, -0.1) is 0 Å². The smallest absolute Gasteiger partial charge is 0.338 e. The summed E-state index contributed by atoms with van der Waals surface area (Å²) in [5.74, 6) is -1.26. The van der Waals surface area contributed by atoms with Crippen molar-refractivity contribution in [2.45, 2.75) is 49.7 Å². The Morgan fingerprint density at radius 3 is 1.68 bits per heavy atom. The maximum Gasteiger partial charge on any atom is 0.338 e. The summed E-state index contributed by atoms with van der Waals surface area (Å²) in [5, 5.41) is 0. The molecule has 2 atom stereocenters. The molecule has 2 aliphatic rings. The zero-order chi connectivity index (χ0) is 28.6. The summed E-state index contributed by atoms with van der Waals surface area (Å²) in [5.41, 5.74) is 11.9. The Kier molecular flexibility index (Phi) is 8.07. The van der Waals surface area contributed by atoms with Crippen molar-refractivity contribution in [2.75, 3.05) is 18.6 Å². The molecule has 2 aromatic rings. The second-order valence-electron chi connectivity index (χ2n) is 8.98. The largest absolute Gasteiger partial charge is 0.488 e. The van der Waals surface area contributed by atoms with Crippen LogP contribution in [0.1, 0.15) is 45.7 Å². The summed E-state index contributed by atoms with van der Waals surface area (Å²) >= 11 is 0. The summed E-state index contributed by atoms with van der Waals surface area (Å²) in [6.45, 7) is 6.74. The van der Waals surface area contributed by atoms with Gasteiger partial charge in [0.2, 0.25) is 0 Å². The molecule has 1 amide bonds. The number of carbonyl (C=O) groups excluding carboxylic acids is 2. The van der Waals surface area contributed by atoms with Crippen LogP contribution in [0.15, 0.2) is 39.0 Å². The molecule has 2 unspecified atom stereocenters. The van der Waals surface area contributed by atoms with E-state index in [-0.39, 0.29) is 50.2 Å². The van der Waals surface area contributed by atoms with E-state index in [4.69, 9.17) is 20.9 Å². The number of ether oxygens (including phenoxy) is 3. The number of nitrogens with zero attached hydrogens (tertiary/aromatic N) is 1. The summed E-state index contributed by atoms with van der Waals surface area (Å²) < 4.78 is 63.9. The highest BCUT2D eigenvalue weighted by Crippen LogP contribution is 2.35. The standard InChI is InChI=1S/C12H15N3O4S.C12H14O5S/c1-6-3-9-10(20(17,18)5-7(2)19-9)4-8(6)11(16)15-12(13)14;1-7-4-10-11(5-9(7)12(13)16-3)18(14,15)6-8(2)17-10/h3-4,7H,5H2,1-2H3,(H4,13,14,15,16);4-5,8H,6H2,1-3H3. The minimum absolute atomic E-state index is 0.00431. The van der Waals surface area contributed by atoms with Crippen LogP contribution in [0.2, 0.25) is 0 Å². The Balaban J connectivity index is 0.000000212. The van der Waals surface area contributed by atoms with E-state index in [1.807, 2.05) is 0 Å². The van der Waals surface area contributed by atoms with Crippen LogP contribution in [0.4, 0.5) is 0 Å². The number of fused-ring (bicyclic) bond motifs is 2. The number of amides is 1. The van der Waals surface area contributed by atoms with E-state index < -0.39 is 37.7 Å². The van der Waals surface area contributed by atoms with E-state index in [2.05, 4.69) is 9.73 Å². The molecule has 0 aromatic heterocycles. The Labute approximate surface area is 220 Å². The van der Waals surface area contributed by atoms with Gasteiger partial charge in [-0.2, -0.15) is 4.99 Å². The molecule has 4 rings (SSSR count). The second-order valence-corrected chi connectivity index (χ2v) is 13.0. The average Bonchev–Trinajstić information content (AvgIpc) is 2.76. The minimum atomic E-state index is -3.48. The first-order chi connectivity index (χ1) is 17.6. The monoisotopic (exact) mass is 567 g/mol. The van der Waals surface area contributed by atoms with Crippen molar-refractivity contribution in [3.63, 3.8) is 0 Å². The number of hydrogen-bond acceptors (Lipinski definition) is 9. The second kappa shape index (κ2) is 10.6. The number of methoxy groups -OCH3 is 1. The van der Waals surface area contributed by atoms with Crippen LogP contribution in [-0.2, 0) is 24.4 Å². The first kappa shape index (κ1) is 28.9. The van der Waals surface area contributed by atoms with Crippen LogP contribution < -0.4 is 20.9 Å². The van der Waals surface area contributed by atoms with Gasteiger partial charge in [-0.3, -0.25) is 4.79 Å². The molecule has 0 radical (unpaired) electrons. The molecular formula is C24H29N3O9S2. The van der Waals surface area contributed by atoms with E-state index in [9.17, 15) is 26.4 Å². The summed E-state index contributed by atoms with van der Waals surface area (Å²) in [6.07, 6.45) is -0.808. The third kappa shape index (κ3) is 6.07. The fourth-order valence-corrected chi connectivity index (χ4v) is 7.18.